The van der Waals surface area contributed by atoms with Gasteiger partial charge in [0.2, 0.25) is 0 Å². The molecule has 1 N–H and O–H groups in total. The smallest absolute Gasteiger partial charge is 0.0243 e. The molecule has 0 spiro atoms. The fraction of sp³-hybridized carbons (Fsp3) is 0.400. The number of benzene rings is 2. The topological polar surface area (TPSA) is 15.3 Å². The molecule has 0 aromatic heterocycles. The van der Waals surface area contributed by atoms with E-state index in [1.807, 2.05) is 0 Å². The minimum atomic E-state index is 0. The van der Waals surface area contributed by atoms with Gasteiger partial charge >= 0.3 is 0 Å². The summed E-state index contributed by atoms with van der Waals surface area (Å²) in [5, 5.41) is 3.53. The molecule has 2 heterocycles. The normalized spacial score (nSPS) is 23.5. The van der Waals surface area contributed by atoms with Crippen LogP contribution in [0.25, 0.3) is 11.1 Å². The Morgan fingerprint density at radius 3 is 2.04 bits per heavy atom. The first-order valence-electron chi connectivity index (χ1n) is 8.33. The third-order valence-corrected chi connectivity index (χ3v) is 5.18. The van der Waals surface area contributed by atoms with Crippen molar-refractivity contribution >= 4 is 12.4 Å². The second-order valence-electron chi connectivity index (χ2n) is 7.20. The first-order valence-corrected chi connectivity index (χ1v) is 8.33. The number of hydrogen-bond donors (Lipinski definition) is 1. The second-order valence-corrected chi connectivity index (χ2v) is 7.20. The van der Waals surface area contributed by atoms with E-state index in [-0.39, 0.29) is 12.4 Å². The van der Waals surface area contributed by atoms with Crippen molar-refractivity contribution in [1.82, 2.24) is 10.2 Å². The van der Waals surface area contributed by atoms with E-state index in [4.69, 9.17) is 0 Å². The lowest BCUT2D eigenvalue weighted by atomic mass is 9.89. The van der Waals surface area contributed by atoms with E-state index in [1.54, 1.807) is 0 Å². The van der Waals surface area contributed by atoms with Crippen molar-refractivity contribution < 1.29 is 0 Å². The molecule has 0 amide bonds. The standard InChI is InChI=1S/C20H24N2.ClH/c1-20(10-11-21-14-20)15-22-12-16-6-2-4-8-18(16)19-9-5-3-7-17(19)13-22;/h2-9,21H,10-15H2,1H3;1H. The van der Waals surface area contributed by atoms with Crippen LogP contribution in [0.4, 0.5) is 0 Å². The molecule has 2 nitrogen and oxygen atoms in total. The Balaban J connectivity index is 0.00000156. The van der Waals surface area contributed by atoms with Gasteiger partial charge in [0.1, 0.15) is 0 Å². The van der Waals surface area contributed by atoms with Crippen molar-refractivity contribution in [2.45, 2.75) is 26.4 Å². The highest BCUT2D eigenvalue weighted by atomic mass is 35.5. The van der Waals surface area contributed by atoms with E-state index in [9.17, 15) is 0 Å². The summed E-state index contributed by atoms with van der Waals surface area (Å²) < 4.78 is 0. The zero-order valence-corrected chi connectivity index (χ0v) is 14.5. The Bertz CT molecular complexity index is 629. The Morgan fingerprint density at radius 2 is 1.52 bits per heavy atom. The first kappa shape index (κ1) is 16.5. The van der Waals surface area contributed by atoms with Crippen LogP contribution in [0.3, 0.4) is 0 Å². The summed E-state index contributed by atoms with van der Waals surface area (Å²) in [6, 6.07) is 17.8. The molecule has 0 aliphatic carbocycles. The first-order chi connectivity index (χ1) is 10.7. The zero-order chi connectivity index (χ0) is 15.0. The predicted molar refractivity (Wildman–Crippen MR) is 98.8 cm³/mol. The highest BCUT2D eigenvalue weighted by Crippen LogP contribution is 2.34. The van der Waals surface area contributed by atoms with Crippen molar-refractivity contribution in [2.75, 3.05) is 19.6 Å². The van der Waals surface area contributed by atoms with Gasteiger partial charge in [-0.05, 0) is 40.6 Å². The van der Waals surface area contributed by atoms with Crippen LogP contribution in [0, 0.1) is 5.41 Å². The summed E-state index contributed by atoms with van der Waals surface area (Å²) in [6.45, 7) is 8.02. The number of rotatable bonds is 2. The highest BCUT2D eigenvalue weighted by molar-refractivity contribution is 5.85. The largest absolute Gasteiger partial charge is 0.316 e. The highest BCUT2D eigenvalue weighted by Gasteiger charge is 2.31. The molecule has 0 saturated carbocycles. The van der Waals surface area contributed by atoms with Crippen LogP contribution in [0.15, 0.2) is 48.5 Å². The summed E-state index contributed by atoms with van der Waals surface area (Å²) in [6.07, 6.45) is 1.28. The SMILES string of the molecule is CC1(CN2Cc3ccccc3-c3ccccc3C2)CCNC1.Cl. The van der Waals surface area contributed by atoms with Crippen molar-refractivity contribution in [3.8, 4) is 11.1 Å². The van der Waals surface area contributed by atoms with Crippen molar-refractivity contribution in [3.05, 3.63) is 59.7 Å². The van der Waals surface area contributed by atoms with Gasteiger partial charge in [0.15, 0.2) is 0 Å². The molecule has 122 valence electrons. The predicted octanol–water partition coefficient (Wildman–Crippen LogP) is 4.09. The van der Waals surface area contributed by atoms with E-state index < -0.39 is 0 Å². The van der Waals surface area contributed by atoms with Crippen molar-refractivity contribution in [2.24, 2.45) is 5.41 Å². The van der Waals surface area contributed by atoms with Gasteiger partial charge in [0, 0.05) is 26.2 Å². The number of nitrogens with zero attached hydrogens (tertiary/aromatic N) is 1. The zero-order valence-electron chi connectivity index (χ0n) is 13.7. The van der Waals surface area contributed by atoms with E-state index in [0.717, 1.165) is 26.2 Å². The fourth-order valence-electron chi connectivity index (χ4n) is 4.03. The molecule has 2 aliphatic rings. The molecule has 0 radical (unpaired) electrons. The van der Waals surface area contributed by atoms with Gasteiger partial charge in [-0.15, -0.1) is 12.4 Å². The molecule has 3 heteroatoms. The maximum Gasteiger partial charge on any atom is 0.0243 e. The maximum absolute atomic E-state index is 3.53. The Kier molecular flexibility index (Phi) is 4.77. The van der Waals surface area contributed by atoms with Crippen LogP contribution in [0.1, 0.15) is 24.5 Å². The van der Waals surface area contributed by atoms with Gasteiger partial charge in [-0.1, -0.05) is 55.5 Å². The lowest BCUT2D eigenvalue weighted by molar-refractivity contribution is 0.165. The number of hydrogen-bond acceptors (Lipinski definition) is 2. The number of nitrogens with one attached hydrogen (secondary N) is 1. The summed E-state index contributed by atoms with van der Waals surface area (Å²) in [5.74, 6) is 0. The van der Waals surface area contributed by atoms with Gasteiger partial charge in [0.05, 0.1) is 0 Å². The van der Waals surface area contributed by atoms with E-state index in [2.05, 4.69) is 65.7 Å². The summed E-state index contributed by atoms with van der Waals surface area (Å²) in [7, 11) is 0. The van der Waals surface area contributed by atoms with E-state index in [1.165, 1.54) is 35.2 Å². The van der Waals surface area contributed by atoms with Gasteiger partial charge in [-0.25, -0.2) is 0 Å². The molecule has 2 aliphatic heterocycles. The fourth-order valence-corrected chi connectivity index (χ4v) is 4.03. The van der Waals surface area contributed by atoms with Gasteiger partial charge < -0.3 is 5.32 Å². The van der Waals surface area contributed by atoms with Crippen molar-refractivity contribution in [1.29, 1.82) is 0 Å². The van der Waals surface area contributed by atoms with E-state index >= 15 is 0 Å². The molecule has 1 saturated heterocycles. The molecule has 1 fully saturated rings. The Hall–Kier alpha value is -1.35. The third-order valence-electron chi connectivity index (χ3n) is 5.18. The van der Waals surface area contributed by atoms with Gasteiger partial charge in [0.25, 0.3) is 0 Å². The monoisotopic (exact) mass is 328 g/mol. The maximum atomic E-state index is 3.53. The molecule has 0 bridgehead atoms. The number of halogens is 1. The second kappa shape index (κ2) is 6.64. The van der Waals surface area contributed by atoms with Crippen molar-refractivity contribution in [3.63, 3.8) is 0 Å². The van der Waals surface area contributed by atoms with Crippen LogP contribution in [0.5, 0.6) is 0 Å². The minimum absolute atomic E-state index is 0. The third kappa shape index (κ3) is 3.30. The van der Waals surface area contributed by atoms with Crippen LogP contribution in [0.2, 0.25) is 0 Å². The van der Waals surface area contributed by atoms with Crippen LogP contribution >= 0.6 is 12.4 Å². The molecular weight excluding hydrogens is 304 g/mol. The molecule has 1 unspecified atom stereocenters. The van der Waals surface area contributed by atoms with Crippen LogP contribution < -0.4 is 5.32 Å². The average Bonchev–Trinajstić information content (AvgIpc) is 2.88. The molecule has 2 aromatic rings. The van der Waals surface area contributed by atoms with Gasteiger partial charge in [-0.2, -0.15) is 0 Å². The molecule has 1 atom stereocenters. The summed E-state index contributed by atoms with van der Waals surface area (Å²) in [5.41, 5.74) is 6.16. The van der Waals surface area contributed by atoms with Crippen LogP contribution in [-0.4, -0.2) is 24.5 Å². The molecule has 4 rings (SSSR count). The minimum Gasteiger partial charge on any atom is -0.316 e. The summed E-state index contributed by atoms with van der Waals surface area (Å²) >= 11 is 0. The van der Waals surface area contributed by atoms with E-state index in [0.29, 0.717) is 5.41 Å². The lowest BCUT2D eigenvalue weighted by Gasteiger charge is -2.31. The van der Waals surface area contributed by atoms with Crippen LogP contribution in [-0.2, 0) is 13.1 Å². The Labute approximate surface area is 145 Å². The molecule has 2 aromatic carbocycles. The lowest BCUT2D eigenvalue weighted by Crippen LogP contribution is -2.36. The quantitative estimate of drug-likeness (QED) is 0.893. The molecule has 23 heavy (non-hydrogen) atoms. The Morgan fingerprint density at radius 1 is 0.957 bits per heavy atom. The summed E-state index contributed by atoms with van der Waals surface area (Å²) in [4.78, 5) is 2.64. The average molecular weight is 329 g/mol. The van der Waals surface area contributed by atoms with Gasteiger partial charge in [-0.3, -0.25) is 4.90 Å². The molecular formula is C20H25ClN2. The number of fused-ring (bicyclic) bond motifs is 3.